The number of anilines is 1. The van der Waals surface area contributed by atoms with Gasteiger partial charge in [-0.15, -0.1) is 23.1 Å². The Labute approximate surface area is 312 Å². The molecule has 2 aliphatic rings. The van der Waals surface area contributed by atoms with Crippen molar-refractivity contribution in [2.45, 2.75) is 38.7 Å². The van der Waals surface area contributed by atoms with Crippen LogP contribution in [0.5, 0.6) is 0 Å². The normalized spacial score (nSPS) is 16.8. The number of nitrogens with two attached hydrogens (primary N) is 1. The molecule has 1 saturated heterocycles. The average Bonchev–Trinajstić information content (AvgIpc) is 3.53. The van der Waals surface area contributed by atoms with Gasteiger partial charge in [0.2, 0.25) is 0 Å². The summed E-state index contributed by atoms with van der Waals surface area (Å²) in [6, 6.07) is 7.79. The van der Waals surface area contributed by atoms with Crippen LogP contribution in [0, 0.1) is 0 Å². The van der Waals surface area contributed by atoms with E-state index >= 15 is 0 Å². The maximum atomic E-state index is 13.1. The van der Waals surface area contributed by atoms with E-state index in [1.54, 1.807) is 48.2 Å². The zero-order chi connectivity index (χ0) is 35.0. The molecule has 0 radical (unpaired) electrons. The topological polar surface area (TPSA) is 208 Å². The van der Waals surface area contributed by atoms with Crippen LogP contribution in [0.15, 0.2) is 82.7 Å². The number of aliphatic carboxylic acids is 1. The van der Waals surface area contributed by atoms with Gasteiger partial charge in [0.25, 0.3) is 11.8 Å². The number of carboxylic acid groups (broad SMARTS) is 2. The molecule has 1 aromatic carbocycles. The van der Waals surface area contributed by atoms with Crippen molar-refractivity contribution in [1.82, 2.24) is 15.2 Å². The largest absolute Gasteiger partial charge is 1.00 e. The van der Waals surface area contributed by atoms with Crippen molar-refractivity contribution < 1.29 is 73.1 Å². The Bertz CT molecular complexity index is 1830. The van der Waals surface area contributed by atoms with E-state index in [4.69, 9.17) is 10.6 Å². The molecule has 1 fully saturated rings. The van der Waals surface area contributed by atoms with E-state index in [-0.39, 0.29) is 81.1 Å². The molecule has 5 rings (SSSR count). The van der Waals surface area contributed by atoms with Crippen molar-refractivity contribution in [3.63, 3.8) is 0 Å². The second-order valence-corrected chi connectivity index (χ2v) is 11.8. The van der Waals surface area contributed by atoms with E-state index < -0.39 is 35.2 Å². The average molecular weight is 716 g/mol. The number of allylic oxidation sites excluding steroid dienone is 2. The fraction of sp³-hybridized carbons (Fsp3) is 0.250. The molecule has 0 bridgehead atoms. The van der Waals surface area contributed by atoms with Crippen LogP contribution in [0.4, 0.5) is 5.13 Å². The van der Waals surface area contributed by atoms with E-state index in [1.165, 1.54) is 41.4 Å². The number of nitrogen functional groups attached to an aromatic ring is 1. The van der Waals surface area contributed by atoms with Gasteiger partial charge in [0, 0.05) is 34.4 Å². The molecule has 2 unspecified atom stereocenters. The Kier molecular flexibility index (Phi) is 14.3. The van der Waals surface area contributed by atoms with Crippen molar-refractivity contribution in [3.8, 4) is 0 Å². The Hall–Kier alpha value is -4.35. The number of ketones is 1. The Morgan fingerprint density at radius 3 is 2.49 bits per heavy atom. The predicted octanol–water partition coefficient (Wildman–Crippen LogP) is -1.63. The van der Waals surface area contributed by atoms with E-state index in [2.05, 4.69) is 15.5 Å². The number of nitrogens with zero attached hydrogens (tertiary/aromatic N) is 4. The number of hydrogen-bond acceptors (Lipinski definition) is 12. The smallest absolute Gasteiger partial charge is 0.545 e. The number of thioether (sulfide) groups is 1. The summed E-state index contributed by atoms with van der Waals surface area (Å²) >= 11 is 2.42. The van der Waals surface area contributed by atoms with Gasteiger partial charge in [-0.3, -0.25) is 19.3 Å². The molecule has 0 saturated carbocycles. The summed E-state index contributed by atoms with van der Waals surface area (Å²) in [5.41, 5.74) is 6.44. The van der Waals surface area contributed by atoms with Gasteiger partial charge >= 0.3 is 35.5 Å². The molecule has 2 aliphatic heterocycles. The van der Waals surface area contributed by atoms with Gasteiger partial charge in [-0.1, -0.05) is 43.3 Å². The van der Waals surface area contributed by atoms with Crippen LogP contribution in [0.1, 0.15) is 52.7 Å². The Morgan fingerprint density at radius 2 is 1.88 bits per heavy atom. The van der Waals surface area contributed by atoms with Gasteiger partial charge < -0.3 is 30.9 Å². The number of carboxylic acids is 2. The van der Waals surface area contributed by atoms with Gasteiger partial charge in [-0.05, 0) is 30.2 Å². The van der Waals surface area contributed by atoms with Crippen molar-refractivity contribution in [2.75, 3.05) is 18.1 Å². The van der Waals surface area contributed by atoms with Gasteiger partial charge in [-0.2, -0.15) is 0 Å². The first-order valence-electron chi connectivity index (χ1n) is 14.7. The summed E-state index contributed by atoms with van der Waals surface area (Å²) in [6.45, 7) is 6.21. The quantitative estimate of drug-likeness (QED) is 0.0485. The summed E-state index contributed by atoms with van der Waals surface area (Å²) in [5, 5.41) is 28.7. The summed E-state index contributed by atoms with van der Waals surface area (Å²) in [4.78, 5) is 72.6. The molecular formula is C32H32N6NaO8S2+. The molecule has 3 aromatic rings. The van der Waals surface area contributed by atoms with Crippen LogP contribution in [-0.2, 0) is 25.8 Å². The minimum absolute atomic E-state index is 0. The number of aromatic nitrogens is 2. The number of carbonyl (C=O) groups is 5. The summed E-state index contributed by atoms with van der Waals surface area (Å²) in [5.74, 6) is -4.03. The molecule has 2 aromatic heterocycles. The number of carbonyl (C=O) groups excluding carboxylic acids is 4. The second-order valence-electron chi connectivity index (χ2n) is 9.85. The van der Waals surface area contributed by atoms with Crippen LogP contribution in [0.2, 0.25) is 0 Å². The van der Waals surface area contributed by atoms with Crippen LogP contribution < -0.4 is 50.3 Å². The number of thiazole rings is 1. The van der Waals surface area contributed by atoms with Gasteiger partial charge in [-0.25, -0.2) is 14.3 Å². The molecule has 49 heavy (non-hydrogen) atoms. The van der Waals surface area contributed by atoms with Crippen molar-refractivity contribution in [3.05, 3.63) is 100.0 Å². The molecule has 4 heterocycles. The number of benzene rings is 1. The van der Waals surface area contributed by atoms with Crippen molar-refractivity contribution >= 4 is 63.5 Å². The molecule has 2 atom stereocenters. The van der Waals surface area contributed by atoms with E-state index in [0.29, 0.717) is 17.7 Å². The number of aromatic carboxylic acids is 1. The fourth-order valence-corrected chi connectivity index (χ4v) is 6.58. The number of hydrogen-bond donors (Lipinski definition) is 3. The van der Waals surface area contributed by atoms with Gasteiger partial charge in [0.05, 0.1) is 5.97 Å². The number of nitrogens with one attached hydrogen (secondary N) is 1. The van der Waals surface area contributed by atoms with E-state index in [9.17, 15) is 34.2 Å². The Balaban J connectivity index is 0.00000213. The maximum Gasteiger partial charge on any atom is 1.00 e. The van der Waals surface area contributed by atoms with Crippen LogP contribution in [0.3, 0.4) is 0 Å². The third-order valence-corrected chi connectivity index (χ3v) is 8.88. The summed E-state index contributed by atoms with van der Waals surface area (Å²) in [7, 11) is 0. The van der Waals surface area contributed by atoms with Gasteiger partial charge in [0.15, 0.2) is 35.6 Å². The van der Waals surface area contributed by atoms with E-state index in [1.807, 2.05) is 13.8 Å². The van der Waals surface area contributed by atoms with Crippen LogP contribution in [-0.4, -0.2) is 74.0 Å². The third-order valence-electron chi connectivity index (χ3n) is 6.90. The number of pyridine rings is 1. The molecular weight excluding hydrogens is 684 g/mol. The predicted molar refractivity (Wildman–Crippen MR) is 176 cm³/mol. The number of amides is 2. The van der Waals surface area contributed by atoms with E-state index in [0.717, 1.165) is 16.2 Å². The maximum absolute atomic E-state index is 13.1. The SMILES string of the molecule is CC.CCO/N=C(\C(=O)NC1C(=O)N2C(C(=O)O)=C(/C=C/C[n+]3ccc(C(=O)c4cccc(C(=O)[O-])c4)cc3)CSC12)c1csc(N)n1.[Na+]. The van der Waals surface area contributed by atoms with Crippen molar-refractivity contribution in [1.29, 1.82) is 0 Å². The molecule has 14 nitrogen and oxygen atoms in total. The number of fused-ring (bicyclic) bond motifs is 1. The zero-order valence-electron chi connectivity index (χ0n) is 27.1. The first-order valence-corrected chi connectivity index (χ1v) is 16.7. The first kappa shape index (κ1) is 39.1. The zero-order valence-corrected chi connectivity index (χ0v) is 30.7. The molecule has 0 aliphatic carbocycles. The standard InChI is InChI=1S/C30H26N6O8S2.C2H6.Na/c1-2-44-34-21(20-15-46-30(31)32-20)25(38)33-22-26(39)36-23(29(42)43)19(14-45-27(22)36)7-4-10-35-11-8-16(9-12-35)24(37)17-5-3-6-18(13-17)28(40)41;1-2;/h3-9,11-13,15,22,27H,2,10,14H2,1H3,(H4-,31,32,33,38,40,41,42,43);1-2H3;/q;;+1/b7-4+,34-21-;;. The fourth-order valence-electron chi connectivity index (χ4n) is 4.71. The number of oxime groups is 1. The minimum atomic E-state index is -1.37. The minimum Gasteiger partial charge on any atom is -0.545 e. The third kappa shape index (κ3) is 9.01. The summed E-state index contributed by atoms with van der Waals surface area (Å²) in [6.07, 6.45) is 6.67. The molecule has 2 amide bonds. The molecule has 0 spiro atoms. The molecule has 4 N–H and O–H groups in total. The molecule has 250 valence electrons. The first-order chi connectivity index (χ1) is 23.1. The molecule has 17 heteroatoms. The second kappa shape index (κ2) is 17.9. The van der Waals surface area contributed by atoms with Gasteiger partial charge in [0.1, 0.15) is 29.4 Å². The number of β-lactam (4-membered cyclic amide) rings is 1. The Morgan fingerprint density at radius 1 is 1.18 bits per heavy atom. The number of rotatable bonds is 12. The van der Waals surface area contributed by atoms with Crippen LogP contribution >= 0.6 is 23.1 Å². The van der Waals surface area contributed by atoms with Crippen LogP contribution in [0.25, 0.3) is 0 Å². The monoisotopic (exact) mass is 715 g/mol. The summed E-state index contributed by atoms with van der Waals surface area (Å²) < 4.78 is 1.75. The van der Waals surface area contributed by atoms with Crippen molar-refractivity contribution in [2.24, 2.45) is 5.16 Å².